The highest BCUT2D eigenvalue weighted by atomic mass is 32.1. The molecule has 0 radical (unpaired) electrons. The van der Waals surface area contributed by atoms with Crippen LogP contribution >= 0.6 is 11.3 Å². The first kappa shape index (κ1) is 9.12. The van der Waals surface area contributed by atoms with E-state index in [4.69, 9.17) is 5.11 Å². The van der Waals surface area contributed by atoms with Crippen molar-refractivity contribution in [3.05, 3.63) is 21.9 Å². The van der Waals surface area contributed by atoms with E-state index in [9.17, 15) is 13.6 Å². The Morgan fingerprint density at radius 3 is 2.50 bits per heavy atom. The number of aliphatic carboxylic acids is 1. The molecule has 1 rings (SSSR count). The molecule has 0 atom stereocenters. The van der Waals surface area contributed by atoms with Crippen molar-refractivity contribution in [2.75, 3.05) is 0 Å². The summed E-state index contributed by atoms with van der Waals surface area (Å²) in [6, 6.07) is 2.60. The molecule has 0 saturated heterocycles. The van der Waals surface area contributed by atoms with Gasteiger partial charge in [-0.1, -0.05) is 0 Å². The van der Waals surface area contributed by atoms with Gasteiger partial charge in [0, 0.05) is 4.88 Å². The molecule has 0 aliphatic rings. The number of rotatable bonds is 2. The van der Waals surface area contributed by atoms with Crippen molar-refractivity contribution >= 4 is 17.3 Å². The minimum absolute atomic E-state index is 0.424. The summed E-state index contributed by atoms with van der Waals surface area (Å²) in [4.78, 5) is 10.3. The fourth-order valence-corrected chi connectivity index (χ4v) is 1.54. The van der Waals surface area contributed by atoms with E-state index < -0.39 is 16.8 Å². The molecule has 0 spiro atoms. The first-order valence-corrected chi connectivity index (χ1v) is 3.94. The van der Waals surface area contributed by atoms with E-state index in [-0.39, 0.29) is 0 Å². The Morgan fingerprint density at radius 2 is 2.17 bits per heavy atom. The summed E-state index contributed by atoms with van der Waals surface area (Å²) >= 11 is 0.792. The van der Waals surface area contributed by atoms with Crippen molar-refractivity contribution in [3.63, 3.8) is 0 Å². The second-order valence-electron chi connectivity index (χ2n) is 2.29. The molecular weight excluding hydrogens is 186 g/mol. The average molecular weight is 192 g/mol. The molecular formula is C7H6F2O2S. The van der Waals surface area contributed by atoms with Crippen molar-refractivity contribution in [1.82, 2.24) is 0 Å². The van der Waals surface area contributed by atoms with E-state index >= 15 is 0 Å². The standard InChI is InChI=1S/C7H6F2O2S/c1-4-2-3-5(12-4)7(8,9)6(10)11/h2-3H,1H3,(H,10,11). The van der Waals surface area contributed by atoms with Crippen LogP contribution in [0.3, 0.4) is 0 Å². The summed E-state index contributed by atoms with van der Waals surface area (Å²) in [6.45, 7) is 1.64. The fourth-order valence-electron chi connectivity index (χ4n) is 0.709. The maximum absolute atomic E-state index is 12.7. The number of hydrogen-bond donors (Lipinski definition) is 1. The summed E-state index contributed by atoms with van der Waals surface area (Å²) in [5.41, 5.74) is 0. The molecule has 66 valence electrons. The van der Waals surface area contributed by atoms with E-state index in [1.165, 1.54) is 6.07 Å². The Morgan fingerprint density at radius 1 is 1.58 bits per heavy atom. The summed E-state index contributed by atoms with van der Waals surface area (Å²) < 4.78 is 25.4. The predicted octanol–water partition coefficient (Wildman–Crippen LogP) is 2.23. The van der Waals surface area contributed by atoms with Crippen LogP contribution in [0.15, 0.2) is 12.1 Å². The molecule has 0 aromatic carbocycles. The van der Waals surface area contributed by atoms with Gasteiger partial charge < -0.3 is 5.11 Å². The fraction of sp³-hybridized carbons (Fsp3) is 0.286. The molecule has 0 aliphatic heterocycles. The zero-order valence-corrected chi connectivity index (χ0v) is 6.99. The largest absolute Gasteiger partial charge is 0.477 e. The lowest BCUT2D eigenvalue weighted by Gasteiger charge is -2.06. The van der Waals surface area contributed by atoms with Crippen LogP contribution in [-0.2, 0) is 10.7 Å². The van der Waals surface area contributed by atoms with Crippen molar-refractivity contribution in [3.8, 4) is 0 Å². The molecule has 1 aromatic heterocycles. The minimum Gasteiger partial charge on any atom is -0.477 e. The van der Waals surface area contributed by atoms with Gasteiger partial charge in [0.15, 0.2) is 0 Å². The zero-order chi connectivity index (χ0) is 9.35. The molecule has 1 N–H and O–H groups in total. The van der Waals surface area contributed by atoms with Crippen molar-refractivity contribution in [2.24, 2.45) is 0 Å². The minimum atomic E-state index is -3.75. The van der Waals surface area contributed by atoms with Gasteiger partial charge in [0.25, 0.3) is 0 Å². The molecule has 0 aliphatic carbocycles. The lowest BCUT2D eigenvalue weighted by Crippen LogP contribution is -2.23. The molecule has 1 aromatic rings. The molecule has 0 saturated carbocycles. The number of hydrogen-bond acceptors (Lipinski definition) is 2. The summed E-state index contributed by atoms with van der Waals surface area (Å²) in [5, 5.41) is 8.16. The smallest absolute Gasteiger partial charge is 0.380 e. The summed E-state index contributed by atoms with van der Waals surface area (Å²) in [5.74, 6) is -5.86. The third kappa shape index (κ3) is 1.45. The number of carbonyl (C=O) groups is 1. The zero-order valence-electron chi connectivity index (χ0n) is 6.17. The van der Waals surface area contributed by atoms with Crippen molar-refractivity contribution in [2.45, 2.75) is 12.8 Å². The van der Waals surface area contributed by atoms with E-state index in [1.807, 2.05) is 0 Å². The first-order valence-electron chi connectivity index (χ1n) is 3.12. The van der Waals surface area contributed by atoms with Crippen LogP contribution in [0.25, 0.3) is 0 Å². The maximum Gasteiger partial charge on any atom is 0.380 e. The van der Waals surface area contributed by atoms with Gasteiger partial charge in [-0.3, -0.25) is 0 Å². The van der Waals surface area contributed by atoms with Crippen LogP contribution in [0.4, 0.5) is 8.78 Å². The van der Waals surface area contributed by atoms with Gasteiger partial charge in [-0.2, -0.15) is 8.78 Å². The third-order valence-corrected chi connectivity index (χ3v) is 2.39. The topological polar surface area (TPSA) is 37.3 Å². The van der Waals surface area contributed by atoms with E-state index in [0.717, 1.165) is 17.4 Å². The molecule has 12 heavy (non-hydrogen) atoms. The van der Waals surface area contributed by atoms with Gasteiger partial charge in [0.05, 0.1) is 4.88 Å². The van der Waals surface area contributed by atoms with Crippen LogP contribution in [0.2, 0.25) is 0 Å². The maximum atomic E-state index is 12.7. The van der Waals surface area contributed by atoms with Gasteiger partial charge in [-0.25, -0.2) is 4.79 Å². The third-order valence-electron chi connectivity index (χ3n) is 1.32. The molecule has 1 heterocycles. The molecule has 5 heteroatoms. The lowest BCUT2D eigenvalue weighted by atomic mass is 10.3. The summed E-state index contributed by atoms with van der Waals surface area (Å²) in [6.07, 6.45) is 0. The Labute approximate surface area is 71.5 Å². The van der Waals surface area contributed by atoms with Crippen LogP contribution < -0.4 is 0 Å². The molecule has 2 nitrogen and oxygen atoms in total. The monoisotopic (exact) mass is 192 g/mol. The van der Waals surface area contributed by atoms with Gasteiger partial charge in [0.2, 0.25) is 0 Å². The molecule has 0 amide bonds. The second-order valence-corrected chi connectivity index (χ2v) is 3.58. The summed E-state index contributed by atoms with van der Waals surface area (Å²) in [7, 11) is 0. The number of alkyl halides is 2. The first-order chi connectivity index (χ1) is 5.44. The predicted molar refractivity (Wildman–Crippen MR) is 40.6 cm³/mol. The number of halogens is 2. The quantitative estimate of drug-likeness (QED) is 0.780. The Kier molecular flexibility index (Phi) is 2.14. The number of thiophene rings is 1. The van der Waals surface area contributed by atoms with E-state index in [1.54, 1.807) is 6.92 Å². The van der Waals surface area contributed by atoms with Gasteiger partial charge in [-0.15, -0.1) is 11.3 Å². The molecule has 0 unspecified atom stereocenters. The highest BCUT2D eigenvalue weighted by Crippen LogP contribution is 2.33. The van der Waals surface area contributed by atoms with Crippen molar-refractivity contribution < 1.29 is 18.7 Å². The average Bonchev–Trinajstić information content (AvgIpc) is 2.35. The number of carboxylic acids is 1. The van der Waals surface area contributed by atoms with Crippen LogP contribution in [-0.4, -0.2) is 11.1 Å². The lowest BCUT2D eigenvalue weighted by molar-refractivity contribution is -0.165. The van der Waals surface area contributed by atoms with E-state index in [0.29, 0.717) is 4.88 Å². The Hall–Kier alpha value is -0.970. The van der Waals surface area contributed by atoms with Gasteiger partial charge in [0.1, 0.15) is 0 Å². The van der Waals surface area contributed by atoms with Gasteiger partial charge >= 0.3 is 11.9 Å². The number of carboxylic acid groups (broad SMARTS) is 1. The van der Waals surface area contributed by atoms with Crippen LogP contribution in [0.1, 0.15) is 9.75 Å². The molecule has 0 fully saturated rings. The van der Waals surface area contributed by atoms with Crippen LogP contribution in [0, 0.1) is 6.92 Å². The number of aryl methyl sites for hydroxylation is 1. The van der Waals surface area contributed by atoms with Crippen molar-refractivity contribution in [1.29, 1.82) is 0 Å². The van der Waals surface area contributed by atoms with Crippen LogP contribution in [0.5, 0.6) is 0 Å². The molecule has 0 bridgehead atoms. The Bertz CT molecular complexity index is 306. The highest BCUT2D eigenvalue weighted by molar-refractivity contribution is 7.12. The Balaban J connectivity index is 3.05. The highest BCUT2D eigenvalue weighted by Gasteiger charge is 2.42. The second kappa shape index (κ2) is 2.82. The van der Waals surface area contributed by atoms with Gasteiger partial charge in [-0.05, 0) is 19.1 Å². The normalized spacial score (nSPS) is 11.6. The van der Waals surface area contributed by atoms with E-state index in [2.05, 4.69) is 0 Å². The SMILES string of the molecule is Cc1ccc(C(F)(F)C(=O)O)s1.